The van der Waals surface area contributed by atoms with Gasteiger partial charge in [0.1, 0.15) is 5.75 Å². The molecule has 138 valence electrons. The maximum absolute atomic E-state index is 10.7. The van der Waals surface area contributed by atoms with Crippen LogP contribution in [-0.2, 0) is 0 Å². The number of hydrogen-bond donors (Lipinski definition) is 1. The van der Waals surface area contributed by atoms with Crippen molar-refractivity contribution >= 4 is 6.21 Å². The quantitative estimate of drug-likeness (QED) is 0.640. The summed E-state index contributed by atoms with van der Waals surface area (Å²) in [4.78, 5) is 4.79. The molecule has 1 fully saturated rings. The van der Waals surface area contributed by atoms with Crippen molar-refractivity contribution in [3.05, 3.63) is 53.6 Å². The van der Waals surface area contributed by atoms with Crippen LogP contribution < -0.4 is 0 Å². The third kappa shape index (κ3) is 4.35. The largest absolute Gasteiger partial charge is 0.507 e. The summed E-state index contributed by atoms with van der Waals surface area (Å²) in [5.41, 5.74) is 4.33. The Balaban J connectivity index is 1.72. The number of hydrogen-bond acceptors (Lipinski definition) is 2. The number of phenols is 1. The van der Waals surface area contributed by atoms with Crippen molar-refractivity contribution in [1.82, 2.24) is 0 Å². The van der Waals surface area contributed by atoms with Crippen LogP contribution in [0.5, 0.6) is 5.75 Å². The fraction of sp³-hybridized carbons (Fsp3) is 0.458. The first kappa shape index (κ1) is 18.7. The lowest BCUT2D eigenvalue weighted by Crippen LogP contribution is -2.27. The van der Waals surface area contributed by atoms with Crippen molar-refractivity contribution in [2.45, 2.75) is 59.4 Å². The third-order valence-corrected chi connectivity index (χ3v) is 5.78. The Morgan fingerprint density at radius 1 is 0.962 bits per heavy atom. The van der Waals surface area contributed by atoms with Crippen LogP contribution in [0.25, 0.3) is 11.1 Å². The zero-order chi connectivity index (χ0) is 18.7. The molecule has 0 spiro atoms. The Morgan fingerprint density at radius 3 is 2.23 bits per heavy atom. The maximum Gasteiger partial charge on any atom is 0.132 e. The summed E-state index contributed by atoms with van der Waals surface area (Å²) in [5, 5.41) is 10.7. The highest BCUT2D eigenvalue weighted by Crippen LogP contribution is 2.38. The lowest BCUT2D eigenvalue weighted by Gasteiger charge is -2.35. The van der Waals surface area contributed by atoms with Gasteiger partial charge in [0.2, 0.25) is 0 Å². The second kappa shape index (κ2) is 7.65. The van der Waals surface area contributed by atoms with Gasteiger partial charge in [0.25, 0.3) is 0 Å². The lowest BCUT2D eigenvalue weighted by atomic mass is 9.71. The van der Waals surface area contributed by atoms with Gasteiger partial charge in [-0.15, -0.1) is 0 Å². The molecule has 2 heteroatoms. The van der Waals surface area contributed by atoms with Crippen LogP contribution in [0.1, 0.15) is 57.6 Å². The predicted octanol–water partition coefficient (Wildman–Crippen LogP) is 6.39. The fourth-order valence-corrected chi connectivity index (χ4v) is 3.91. The monoisotopic (exact) mass is 349 g/mol. The molecule has 0 heterocycles. The van der Waals surface area contributed by atoms with E-state index >= 15 is 0 Å². The van der Waals surface area contributed by atoms with E-state index < -0.39 is 0 Å². The number of aryl methyl sites for hydroxylation is 1. The molecule has 1 N–H and O–H groups in total. The second-order valence-electron chi connectivity index (χ2n) is 8.76. The summed E-state index contributed by atoms with van der Waals surface area (Å²) in [7, 11) is 0. The van der Waals surface area contributed by atoms with Gasteiger partial charge in [-0.05, 0) is 55.6 Å². The zero-order valence-electron chi connectivity index (χ0n) is 16.5. The van der Waals surface area contributed by atoms with E-state index in [0.29, 0.717) is 17.2 Å². The van der Waals surface area contributed by atoms with E-state index in [2.05, 4.69) is 52.0 Å². The van der Waals surface area contributed by atoms with Gasteiger partial charge in [-0.3, -0.25) is 4.99 Å². The van der Waals surface area contributed by atoms with E-state index in [1.54, 1.807) is 0 Å². The van der Waals surface area contributed by atoms with Gasteiger partial charge in [0, 0.05) is 23.4 Å². The van der Waals surface area contributed by atoms with Crippen molar-refractivity contribution in [3.63, 3.8) is 0 Å². The Kier molecular flexibility index (Phi) is 5.50. The van der Waals surface area contributed by atoms with E-state index in [1.165, 1.54) is 18.4 Å². The Labute approximate surface area is 158 Å². The molecule has 2 aromatic carbocycles. The van der Waals surface area contributed by atoms with Crippen LogP contribution in [-0.4, -0.2) is 17.4 Å². The standard InChI is InChI=1S/C24H31NO/c1-17-8-10-18(11-9-17)22-7-5-6-19(23(22)26)16-25-21-14-12-20(13-15-21)24(2,3)4/h5-11,16,20-21,26H,12-15H2,1-4H3. The minimum atomic E-state index is 0.323. The van der Waals surface area contributed by atoms with Gasteiger partial charge >= 0.3 is 0 Å². The molecule has 0 amide bonds. The van der Waals surface area contributed by atoms with Crippen LogP contribution >= 0.6 is 0 Å². The molecule has 0 atom stereocenters. The van der Waals surface area contributed by atoms with Crippen LogP contribution in [0.15, 0.2) is 47.5 Å². The molecule has 1 saturated carbocycles. The van der Waals surface area contributed by atoms with Crippen molar-refractivity contribution in [2.75, 3.05) is 0 Å². The normalized spacial score (nSPS) is 21.2. The first-order valence-corrected chi connectivity index (χ1v) is 9.77. The Bertz CT molecular complexity index is 760. The van der Waals surface area contributed by atoms with Crippen LogP contribution in [0.2, 0.25) is 0 Å². The first-order valence-electron chi connectivity index (χ1n) is 9.77. The molecule has 0 saturated heterocycles. The number of phenolic OH excluding ortho intramolecular Hbond substituents is 1. The molecule has 26 heavy (non-hydrogen) atoms. The molecule has 2 aromatic rings. The molecule has 3 rings (SSSR count). The average molecular weight is 350 g/mol. The molecule has 0 aliphatic heterocycles. The summed E-state index contributed by atoms with van der Waals surface area (Å²) in [6.45, 7) is 9.10. The highest BCUT2D eigenvalue weighted by molar-refractivity contribution is 5.88. The molecular formula is C24H31NO. The predicted molar refractivity (Wildman–Crippen MR) is 111 cm³/mol. The molecule has 0 aromatic heterocycles. The second-order valence-corrected chi connectivity index (χ2v) is 8.76. The molecule has 0 unspecified atom stereocenters. The van der Waals surface area contributed by atoms with E-state index in [1.807, 2.05) is 24.4 Å². The molecule has 0 radical (unpaired) electrons. The first-order chi connectivity index (χ1) is 12.3. The van der Waals surface area contributed by atoms with Gasteiger partial charge in [-0.2, -0.15) is 0 Å². The van der Waals surface area contributed by atoms with Crippen LogP contribution in [0, 0.1) is 18.3 Å². The number of aliphatic imine (C=N–C) groups is 1. The van der Waals surface area contributed by atoms with Gasteiger partial charge < -0.3 is 5.11 Å². The number of para-hydroxylation sites is 1. The number of aromatic hydroxyl groups is 1. The van der Waals surface area contributed by atoms with Gasteiger partial charge in [-0.1, -0.05) is 62.7 Å². The van der Waals surface area contributed by atoms with Crippen molar-refractivity contribution in [1.29, 1.82) is 0 Å². The minimum absolute atomic E-state index is 0.323. The molecule has 1 aliphatic carbocycles. The number of benzene rings is 2. The van der Waals surface area contributed by atoms with E-state index in [4.69, 9.17) is 4.99 Å². The average Bonchev–Trinajstić information content (AvgIpc) is 2.61. The van der Waals surface area contributed by atoms with Gasteiger partial charge in [0.15, 0.2) is 0 Å². The van der Waals surface area contributed by atoms with Crippen LogP contribution in [0.3, 0.4) is 0 Å². The fourth-order valence-electron chi connectivity index (χ4n) is 3.91. The highest BCUT2D eigenvalue weighted by atomic mass is 16.3. The van der Waals surface area contributed by atoms with Gasteiger partial charge in [0.05, 0.1) is 0 Å². The van der Waals surface area contributed by atoms with E-state index in [-0.39, 0.29) is 0 Å². The maximum atomic E-state index is 10.7. The van der Waals surface area contributed by atoms with Crippen molar-refractivity contribution in [2.24, 2.45) is 16.3 Å². The summed E-state index contributed by atoms with van der Waals surface area (Å²) in [6.07, 6.45) is 6.67. The lowest BCUT2D eigenvalue weighted by molar-refractivity contribution is 0.170. The zero-order valence-corrected chi connectivity index (χ0v) is 16.5. The SMILES string of the molecule is Cc1ccc(-c2cccc(C=NC3CCC(C(C)(C)C)CC3)c2O)cc1. The third-order valence-electron chi connectivity index (χ3n) is 5.78. The summed E-state index contributed by atoms with van der Waals surface area (Å²) < 4.78 is 0. The van der Waals surface area contributed by atoms with E-state index in [9.17, 15) is 5.11 Å². The van der Waals surface area contributed by atoms with Crippen molar-refractivity contribution in [3.8, 4) is 16.9 Å². The molecule has 2 nitrogen and oxygen atoms in total. The van der Waals surface area contributed by atoms with Crippen LogP contribution in [0.4, 0.5) is 0 Å². The Morgan fingerprint density at radius 2 is 1.62 bits per heavy atom. The minimum Gasteiger partial charge on any atom is -0.507 e. The number of rotatable bonds is 3. The van der Waals surface area contributed by atoms with Gasteiger partial charge in [-0.25, -0.2) is 0 Å². The molecule has 0 bridgehead atoms. The highest BCUT2D eigenvalue weighted by Gasteiger charge is 2.29. The number of nitrogens with zero attached hydrogens (tertiary/aromatic N) is 1. The van der Waals surface area contributed by atoms with Crippen molar-refractivity contribution < 1.29 is 5.11 Å². The summed E-state index contributed by atoms with van der Waals surface area (Å²) in [5.74, 6) is 1.12. The summed E-state index contributed by atoms with van der Waals surface area (Å²) in [6, 6.07) is 14.5. The van der Waals surface area contributed by atoms with E-state index in [0.717, 1.165) is 35.4 Å². The molecule has 1 aliphatic rings. The topological polar surface area (TPSA) is 32.6 Å². The molecular weight excluding hydrogens is 318 g/mol. The Hall–Kier alpha value is -2.09. The summed E-state index contributed by atoms with van der Waals surface area (Å²) >= 11 is 0. The smallest absolute Gasteiger partial charge is 0.132 e.